The highest BCUT2D eigenvalue weighted by molar-refractivity contribution is 7.89. The Labute approximate surface area is 334 Å². The molecule has 300 valence electrons. The molecule has 2 heterocycles. The maximum absolute atomic E-state index is 13.3. The van der Waals surface area contributed by atoms with Crippen LogP contribution in [0.1, 0.15) is 56.0 Å². The zero-order valence-corrected chi connectivity index (χ0v) is 34.0. The van der Waals surface area contributed by atoms with Crippen molar-refractivity contribution in [3.05, 3.63) is 102 Å². The first-order chi connectivity index (χ1) is 27.2. The van der Waals surface area contributed by atoms with E-state index in [1.807, 2.05) is 51.1 Å². The molecule has 14 heteroatoms. The second kappa shape index (κ2) is 17.6. The number of hydrogen-bond acceptors (Lipinski definition) is 9. The molecule has 1 fully saturated rings. The van der Waals surface area contributed by atoms with E-state index in [1.54, 1.807) is 61.8 Å². The minimum absolute atomic E-state index is 0.0556. The standard InChI is InChI=1S/C43H51N7O6S/c1-43(2,3)29-23-31(25-33(24-29)57(53,54)44-4)48-42(52)49-37-13-14-38(35-10-8-7-9-34(35)37)56-32-16-20-45-40(27-32)47-30-11-12-36(39(26-30)55-6)41(51)46-19-15-28-17-21-50(5)22-18-28/h7-14,16,20,23-28,44H,15,17-19,21-22H2,1-6H3,(H,45,47)(H,46,51)(H2,48,49,52). The Morgan fingerprint density at radius 2 is 1.63 bits per heavy atom. The Bertz CT molecular complexity index is 2350. The van der Waals surface area contributed by atoms with E-state index in [4.69, 9.17) is 9.47 Å². The Kier molecular flexibility index (Phi) is 12.7. The van der Waals surface area contributed by atoms with Gasteiger partial charge >= 0.3 is 6.03 Å². The van der Waals surface area contributed by atoms with Crippen LogP contribution in [0, 0.1) is 5.92 Å². The molecule has 5 aromatic rings. The molecule has 13 nitrogen and oxygen atoms in total. The third kappa shape index (κ3) is 10.4. The summed E-state index contributed by atoms with van der Waals surface area (Å²) in [4.78, 5) is 33.2. The number of hydrogen-bond donors (Lipinski definition) is 5. The number of amides is 3. The monoisotopic (exact) mass is 793 g/mol. The van der Waals surface area contributed by atoms with Gasteiger partial charge in [-0.1, -0.05) is 45.0 Å². The van der Waals surface area contributed by atoms with Gasteiger partial charge in [-0.25, -0.2) is 22.9 Å². The van der Waals surface area contributed by atoms with Gasteiger partial charge in [0.15, 0.2) is 0 Å². The fourth-order valence-electron chi connectivity index (χ4n) is 6.74. The third-order valence-electron chi connectivity index (χ3n) is 10.1. The molecule has 3 amide bonds. The third-order valence-corrected chi connectivity index (χ3v) is 11.5. The number of pyridine rings is 1. The van der Waals surface area contributed by atoms with Crippen LogP contribution in [0.4, 0.5) is 27.7 Å². The smallest absolute Gasteiger partial charge is 0.323 e. The lowest BCUT2D eigenvalue weighted by Gasteiger charge is -2.28. The number of anilines is 4. The van der Waals surface area contributed by atoms with Crippen molar-refractivity contribution < 1.29 is 27.5 Å². The topological polar surface area (TPSA) is 163 Å². The molecule has 0 bridgehead atoms. The number of ether oxygens (including phenoxy) is 2. The van der Waals surface area contributed by atoms with Gasteiger partial charge in [0.05, 0.1) is 23.3 Å². The Hall–Kier alpha value is -5.70. The molecule has 5 N–H and O–H groups in total. The van der Waals surface area contributed by atoms with Crippen LogP contribution in [-0.2, 0) is 15.4 Å². The Morgan fingerprint density at radius 3 is 2.35 bits per heavy atom. The van der Waals surface area contributed by atoms with Crippen molar-refractivity contribution in [1.29, 1.82) is 0 Å². The average molecular weight is 794 g/mol. The molecule has 57 heavy (non-hydrogen) atoms. The second-order valence-corrected chi connectivity index (χ2v) is 17.1. The first-order valence-corrected chi connectivity index (χ1v) is 20.5. The number of sulfonamides is 1. The van der Waals surface area contributed by atoms with Crippen molar-refractivity contribution in [3.8, 4) is 17.2 Å². The number of nitrogens with one attached hydrogen (secondary N) is 5. The summed E-state index contributed by atoms with van der Waals surface area (Å²) in [6, 6.07) is 24.1. The minimum atomic E-state index is -3.75. The van der Waals surface area contributed by atoms with Crippen LogP contribution < -0.4 is 35.5 Å². The van der Waals surface area contributed by atoms with Crippen molar-refractivity contribution >= 4 is 55.6 Å². The number of piperidine rings is 1. The summed E-state index contributed by atoms with van der Waals surface area (Å²) in [6.45, 7) is 8.73. The van der Waals surface area contributed by atoms with Crippen molar-refractivity contribution in [1.82, 2.24) is 19.9 Å². The van der Waals surface area contributed by atoms with E-state index in [1.165, 1.54) is 13.1 Å². The van der Waals surface area contributed by atoms with Crippen molar-refractivity contribution in [2.45, 2.75) is 50.3 Å². The van der Waals surface area contributed by atoms with Crippen LogP contribution in [-0.4, -0.2) is 71.1 Å². The molecule has 0 spiro atoms. The van der Waals surface area contributed by atoms with E-state index in [0.29, 0.717) is 58.2 Å². The molecule has 0 unspecified atom stereocenters. The highest BCUT2D eigenvalue weighted by Crippen LogP contribution is 2.36. The van der Waals surface area contributed by atoms with E-state index in [-0.39, 0.29) is 16.2 Å². The van der Waals surface area contributed by atoms with Crippen molar-refractivity contribution in [3.63, 3.8) is 0 Å². The summed E-state index contributed by atoms with van der Waals surface area (Å²) >= 11 is 0. The van der Waals surface area contributed by atoms with E-state index in [2.05, 4.69) is 42.9 Å². The minimum Gasteiger partial charge on any atom is -0.496 e. The molecular weight excluding hydrogens is 743 g/mol. The highest BCUT2D eigenvalue weighted by atomic mass is 32.2. The quantitative estimate of drug-likeness (QED) is 0.0793. The number of benzene rings is 4. The highest BCUT2D eigenvalue weighted by Gasteiger charge is 2.22. The Balaban J connectivity index is 1.12. The molecule has 1 saturated heterocycles. The van der Waals surface area contributed by atoms with Gasteiger partial charge in [0, 0.05) is 47.0 Å². The van der Waals surface area contributed by atoms with E-state index >= 15 is 0 Å². The molecule has 0 aliphatic carbocycles. The SMILES string of the molecule is CNS(=O)(=O)c1cc(NC(=O)Nc2ccc(Oc3ccnc(Nc4ccc(C(=O)NCCC5CCN(C)CC5)c(OC)c4)c3)c3ccccc23)cc(C(C)(C)C)c1. The predicted octanol–water partition coefficient (Wildman–Crippen LogP) is 8.09. The summed E-state index contributed by atoms with van der Waals surface area (Å²) < 4.78 is 39.6. The van der Waals surface area contributed by atoms with Gasteiger partial charge in [-0.05, 0) is 112 Å². The molecule has 1 aliphatic heterocycles. The first kappa shape index (κ1) is 40.9. The Morgan fingerprint density at radius 1 is 0.877 bits per heavy atom. The molecule has 1 aromatic heterocycles. The first-order valence-electron chi connectivity index (χ1n) is 19.0. The summed E-state index contributed by atoms with van der Waals surface area (Å²) in [6.07, 6.45) is 4.90. The fraction of sp³-hybridized carbons (Fsp3) is 0.326. The lowest BCUT2D eigenvalue weighted by atomic mass is 9.87. The molecule has 1 aliphatic rings. The number of nitrogens with zero attached hydrogens (tertiary/aromatic N) is 2. The summed E-state index contributed by atoms with van der Waals surface area (Å²) in [5.41, 5.74) is 2.40. The van der Waals surface area contributed by atoms with E-state index in [9.17, 15) is 18.0 Å². The number of aromatic nitrogens is 1. The summed E-state index contributed by atoms with van der Waals surface area (Å²) in [5.74, 6) is 2.50. The van der Waals surface area contributed by atoms with Gasteiger partial charge in [-0.3, -0.25) is 4.79 Å². The number of likely N-dealkylation sites (tertiary alicyclic amines) is 1. The second-order valence-electron chi connectivity index (χ2n) is 15.2. The van der Waals surface area contributed by atoms with Gasteiger partial charge in [0.25, 0.3) is 5.91 Å². The van der Waals surface area contributed by atoms with Crippen molar-refractivity contribution in [2.75, 3.05) is 56.8 Å². The fourth-order valence-corrected chi connectivity index (χ4v) is 7.54. The molecule has 6 rings (SSSR count). The van der Waals surface area contributed by atoms with Gasteiger partial charge in [-0.15, -0.1) is 0 Å². The van der Waals surface area contributed by atoms with Crippen LogP contribution in [0.5, 0.6) is 17.2 Å². The number of fused-ring (bicyclic) bond motifs is 1. The van der Waals surface area contributed by atoms with Crippen LogP contribution >= 0.6 is 0 Å². The van der Waals surface area contributed by atoms with Gasteiger partial charge < -0.3 is 35.6 Å². The number of methoxy groups -OCH3 is 1. The molecule has 0 radical (unpaired) electrons. The van der Waals surface area contributed by atoms with Crippen LogP contribution in [0.25, 0.3) is 10.8 Å². The summed E-state index contributed by atoms with van der Waals surface area (Å²) in [7, 11) is 1.28. The maximum atomic E-state index is 13.3. The lowest BCUT2D eigenvalue weighted by Crippen LogP contribution is -2.32. The summed E-state index contributed by atoms with van der Waals surface area (Å²) in [5, 5.41) is 13.5. The molecule has 4 aromatic carbocycles. The zero-order chi connectivity index (χ0) is 40.7. The average Bonchev–Trinajstić information content (AvgIpc) is 3.19. The number of rotatable bonds is 13. The van der Waals surface area contributed by atoms with Gasteiger partial charge in [-0.2, -0.15) is 0 Å². The molecule has 0 atom stereocenters. The van der Waals surface area contributed by atoms with Gasteiger partial charge in [0.1, 0.15) is 23.1 Å². The normalized spacial score (nSPS) is 13.9. The molecule has 0 saturated carbocycles. The number of urea groups is 1. The van der Waals surface area contributed by atoms with E-state index in [0.717, 1.165) is 48.7 Å². The van der Waals surface area contributed by atoms with Crippen LogP contribution in [0.15, 0.2) is 96.0 Å². The molecular formula is C43H51N7O6S. The zero-order valence-electron chi connectivity index (χ0n) is 33.2. The predicted molar refractivity (Wildman–Crippen MR) is 226 cm³/mol. The van der Waals surface area contributed by atoms with Crippen LogP contribution in [0.2, 0.25) is 0 Å². The van der Waals surface area contributed by atoms with Crippen molar-refractivity contribution in [2.24, 2.45) is 5.92 Å². The largest absolute Gasteiger partial charge is 0.496 e. The number of carbonyl (C=O) groups is 2. The van der Waals surface area contributed by atoms with Gasteiger partial charge in [0.2, 0.25) is 10.0 Å². The lowest BCUT2D eigenvalue weighted by molar-refractivity contribution is 0.0946. The number of carbonyl (C=O) groups excluding carboxylic acids is 2. The van der Waals surface area contributed by atoms with Crippen LogP contribution in [0.3, 0.4) is 0 Å². The maximum Gasteiger partial charge on any atom is 0.323 e. The van der Waals surface area contributed by atoms with E-state index < -0.39 is 16.1 Å².